The summed E-state index contributed by atoms with van der Waals surface area (Å²) in [5.41, 5.74) is 1.48. The van der Waals surface area contributed by atoms with Crippen LogP contribution in [-0.4, -0.2) is 34.1 Å². The minimum atomic E-state index is -0.257. The number of nitrogens with one attached hydrogen (secondary N) is 2. The van der Waals surface area contributed by atoms with Crippen LogP contribution < -0.4 is 15.8 Å². The van der Waals surface area contributed by atoms with Crippen molar-refractivity contribution < 1.29 is 4.39 Å². The molecule has 3 heterocycles. The smallest absolute Gasteiger partial charge is 0.290 e. The van der Waals surface area contributed by atoms with E-state index >= 15 is 0 Å². The third-order valence-electron chi connectivity index (χ3n) is 4.74. The highest BCUT2D eigenvalue weighted by Crippen LogP contribution is 2.20. The van der Waals surface area contributed by atoms with Gasteiger partial charge in [-0.1, -0.05) is 6.07 Å². The van der Waals surface area contributed by atoms with Crippen LogP contribution in [0.4, 0.5) is 10.2 Å². The first kappa shape index (κ1) is 16.7. The number of rotatable bonds is 4. The third kappa shape index (κ3) is 3.43. The SMILES string of the molecule is O=c1[nH]ccnc1N1CCC[C@H](NCc2cc(F)cc3cccnc23)C1. The Balaban J connectivity index is 1.48. The molecule has 4 rings (SSSR count). The number of benzene rings is 1. The van der Waals surface area contributed by atoms with E-state index in [0.717, 1.165) is 35.9 Å². The summed E-state index contributed by atoms with van der Waals surface area (Å²) in [6, 6.07) is 6.91. The van der Waals surface area contributed by atoms with Gasteiger partial charge < -0.3 is 15.2 Å². The predicted octanol–water partition coefficient (Wildman–Crippen LogP) is 2.22. The lowest BCUT2D eigenvalue weighted by Crippen LogP contribution is -2.47. The molecule has 0 bridgehead atoms. The minimum Gasteiger partial charge on any atom is -0.350 e. The van der Waals surface area contributed by atoms with E-state index in [4.69, 9.17) is 0 Å². The molecular weight excluding hydrogens is 333 g/mol. The number of hydrogen-bond acceptors (Lipinski definition) is 5. The molecule has 6 nitrogen and oxygen atoms in total. The molecule has 134 valence electrons. The van der Waals surface area contributed by atoms with Crippen LogP contribution in [0.1, 0.15) is 18.4 Å². The van der Waals surface area contributed by atoms with E-state index in [1.807, 2.05) is 17.0 Å². The van der Waals surface area contributed by atoms with E-state index in [2.05, 4.69) is 20.3 Å². The number of halogens is 1. The second-order valence-electron chi connectivity index (χ2n) is 6.55. The second kappa shape index (κ2) is 7.21. The molecule has 0 radical (unpaired) electrons. The molecular formula is C19H20FN5O. The summed E-state index contributed by atoms with van der Waals surface area (Å²) in [5, 5.41) is 4.29. The van der Waals surface area contributed by atoms with Crippen LogP contribution >= 0.6 is 0 Å². The van der Waals surface area contributed by atoms with Gasteiger partial charge in [-0.2, -0.15) is 0 Å². The molecule has 1 fully saturated rings. The summed E-state index contributed by atoms with van der Waals surface area (Å²) >= 11 is 0. The van der Waals surface area contributed by atoms with Crippen LogP contribution in [0, 0.1) is 5.82 Å². The highest BCUT2D eigenvalue weighted by Gasteiger charge is 2.22. The number of hydrogen-bond donors (Lipinski definition) is 2. The summed E-state index contributed by atoms with van der Waals surface area (Å²) in [5.74, 6) is 0.199. The van der Waals surface area contributed by atoms with Gasteiger partial charge in [0.25, 0.3) is 5.56 Å². The number of fused-ring (bicyclic) bond motifs is 1. The first-order valence-electron chi connectivity index (χ1n) is 8.76. The molecule has 2 aromatic heterocycles. The molecule has 0 spiro atoms. The number of nitrogens with zero attached hydrogens (tertiary/aromatic N) is 3. The molecule has 3 aromatic rings. The first-order chi connectivity index (χ1) is 12.7. The summed E-state index contributed by atoms with van der Waals surface area (Å²) < 4.78 is 13.9. The molecule has 1 saturated heterocycles. The van der Waals surface area contributed by atoms with E-state index < -0.39 is 0 Å². The van der Waals surface area contributed by atoms with Crippen molar-refractivity contribution in [3.63, 3.8) is 0 Å². The van der Waals surface area contributed by atoms with Crippen molar-refractivity contribution >= 4 is 16.7 Å². The summed E-state index contributed by atoms with van der Waals surface area (Å²) in [6.45, 7) is 2.03. The van der Waals surface area contributed by atoms with Crippen LogP contribution in [0.3, 0.4) is 0 Å². The number of aromatic amines is 1. The number of anilines is 1. The summed E-state index contributed by atoms with van der Waals surface area (Å²) in [7, 11) is 0. The highest BCUT2D eigenvalue weighted by molar-refractivity contribution is 5.81. The lowest BCUT2D eigenvalue weighted by atomic mass is 10.0. The van der Waals surface area contributed by atoms with E-state index in [9.17, 15) is 9.18 Å². The van der Waals surface area contributed by atoms with Crippen molar-refractivity contribution in [1.29, 1.82) is 0 Å². The van der Waals surface area contributed by atoms with Crippen molar-refractivity contribution in [1.82, 2.24) is 20.3 Å². The largest absolute Gasteiger partial charge is 0.350 e. The first-order valence-corrected chi connectivity index (χ1v) is 8.76. The van der Waals surface area contributed by atoms with Crippen molar-refractivity contribution in [2.24, 2.45) is 0 Å². The fourth-order valence-corrected chi connectivity index (χ4v) is 3.52. The zero-order chi connectivity index (χ0) is 17.9. The van der Waals surface area contributed by atoms with Crippen LogP contribution in [0.15, 0.2) is 47.7 Å². The van der Waals surface area contributed by atoms with Crippen molar-refractivity contribution in [3.8, 4) is 0 Å². The van der Waals surface area contributed by atoms with Gasteiger partial charge in [-0.25, -0.2) is 9.37 Å². The Morgan fingerprint density at radius 2 is 2.23 bits per heavy atom. The lowest BCUT2D eigenvalue weighted by Gasteiger charge is -2.33. The maximum Gasteiger partial charge on any atom is 0.290 e. The molecule has 26 heavy (non-hydrogen) atoms. The van der Waals surface area contributed by atoms with Gasteiger partial charge in [0.2, 0.25) is 0 Å². The molecule has 7 heteroatoms. The molecule has 1 aliphatic rings. The normalized spacial score (nSPS) is 17.6. The Bertz CT molecular complexity index is 973. The Morgan fingerprint density at radius 3 is 3.12 bits per heavy atom. The van der Waals surface area contributed by atoms with Crippen molar-refractivity contribution in [2.75, 3.05) is 18.0 Å². The molecule has 1 aliphatic heterocycles. The van der Waals surface area contributed by atoms with Gasteiger partial charge >= 0.3 is 0 Å². The van der Waals surface area contributed by atoms with Gasteiger partial charge in [0.1, 0.15) is 5.82 Å². The Labute approximate surface area is 150 Å². The molecule has 1 atom stereocenters. The predicted molar refractivity (Wildman–Crippen MR) is 98.6 cm³/mol. The number of pyridine rings is 1. The molecule has 0 aliphatic carbocycles. The third-order valence-corrected chi connectivity index (χ3v) is 4.74. The maximum absolute atomic E-state index is 13.9. The van der Waals surface area contributed by atoms with Crippen LogP contribution in [0.25, 0.3) is 10.9 Å². The fraction of sp³-hybridized carbons (Fsp3) is 0.316. The quantitative estimate of drug-likeness (QED) is 0.752. The monoisotopic (exact) mass is 353 g/mol. The number of aromatic nitrogens is 3. The Morgan fingerprint density at radius 1 is 1.31 bits per heavy atom. The fourth-order valence-electron chi connectivity index (χ4n) is 3.52. The number of piperidine rings is 1. The van der Waals surface area contributed by atoms with E-state index in [1.54, 1.807) is 12.4 Å². The molecule has 1 aromatic carbocycles. The van der Waals surface area contributed by atoms with Gasteiger partial charge in [0.05, 0.1) is 5.52 Å². The number of H-pyrrole nitrogens is 1. The van der Waals surface area contributed by atoms with Gasteiger partial charge in [-0.15, -0.1) is 0 Å². The standard InChI is InChI=1S/C19H20FN5O/c20-15-9-13-3-1-5-21-17(13)14(10-15)11-24-16-4-2-8-25(12-16)18-19(26)23-7-6-22-18/h1,3,5-7,9-10,16,24H,2,4,8,11-12H2,(H,23,26)/t16-/m0/s1. The molecule has 0 unspecified atom stereocenters. The van der Waals surface area contributed by atoms with Crippen molar-refractivity contribution in [2.45, 2.75) is 25.4 Å². The average Bonchev–Trinajstić information content (AvgIpc) is 2.66. The lowest BCUT2D eigenvalue weighted by molar-refractivity contribution is 0.419. The van der Waals surface area contributed by atoms with Gasteiger partial charge in [-0.3, -0.25) is 9.78 Å². The van der Waals surface area contributed by atoms with Gasteiger partial charge in [0, 0.05) is 49.7 Å². The topological polar surface area (TPSA) is 73.9 Å². The average molecular weight is 353 g/mol. The zero-order valence-electron chi connectivity index (χ0n) is 14.3. The molecule has 2 N–H and O–H groups in total. The van der Waals surface area contributed by atoms with Crippen molar-refractivity contribution in [3.05, 3.63) is 64.6 Å². The summed E-state index contributed by atoms with van der Waals surface area (Å²) in [6.07, 6.45) is 6.82. The van der Waals surface area contributed by atoms with Gasteiger partial charge in [-0.05, 0) is 36.6 Å². The van der Waals surface area contributed by atoms with Crippen LogP contribution in [0.5, 0.6) is 0 Å². The van der Waals surface area contributed by atoms with E-state index in [-0.39, 0.29) is 17.4 Å². The van der Waals surface area contributed by atoms with Gasteiger partial charge in [0.15, 0.2) is 5.82 Å². The Hall–Kier alpha value is -2.80. The highest BCUT2D eigenvalue weighted by atomic mass is 19.1. The Kier molecular flexibility index (Phi) is 4.62. The van der Waals surface area contributed by atoms with E-state index in [1.165, 1.54) is 18.3 Å². The second-order valence-corrected chi connectivity index (χ2v) is 6.55. The molecule has 0 amide bonds. The van der Waals surface area contributed by atoms with E-state index in [0.29, 0.717) is 18.9 Å². The van der Waals surface area contributed by atoms with Crippen LogP contribution in [0.2, 0.25) is 0 Å². The maximum atomic E-state index is 13.9. The summed E-state index contributed by atoms with van der Waals surface area (Å²) in [4.78, 5) is 25.2. The van der Waals surface area contributed by atoms with Crippen LogP contribution in [-0.2, 0) is 6.54 Å². The zero-order valence-corrected chi connectivity index (χ0v) is 14.3. The molecule has 0 saturated carbocycles. The minimum absolute atomic E-state index is 0.173.